The number of allylic oxidation sites excluding steroid dienone is 2. The number of rotatable bonds is 11. The Bertz CT molecular complexity index is 2590. The van der Waals surface area contributed by atoms with Crippen molar-refractivity contribution in [3.8, 4) is 17.2 Å². The summed E-state index contributed by atoms with van der Waals surface area (Å²) in [5.74, 6) is -2.93. The molecule has 0 unspecified atom stereocenters. The number of benzene rings is 5. The van der Waals surface area contributed by atoms with Crippen molar-refractivity contribution in [2.75, 3.05) is 37.2 Å². The maximum Gasteiger partial charge on any atom is 0.246 e. The molecule has 61 heavy (non-hydrogen) atoms. The first kappa shape index (κ1) is 39.9. The molecule has 11 heteroatoms. The largest absolute Gasteiger partial charge is 0.497 e. The molecule has 4 amide bonds. The number of imide groups is 2. The minimum atomic E-state index is -1.40. The predicted molar refractivity (Wildman–Crippen MR) is 233 cm³/mol. The molecule has 2 saturated heterocycles. The van der Waals surface area contributed by atoms with Gasteiger partial charge >= 0.3 is 0 Å². The van der Waals surface area contributed by atoms with E-state index in [1.54, 1.807) is 62.8 Å². The molecule has 2 aliphatic heterocycles. The molecule has 2 heterocycles. The molecular weight excluding hydrogens is 792 g/mol. The third kappa shape index (κ3) is 6.61. The number of carbonyl (C=O) groups is 4. The van der Waals surface area contributed by atoms with Crippen LogP contribution in [0.3, 0.4) is 0 Å². The lowest BCUT2D eigenvalue weighted by Gasteiger charge is -2.50. The van der Waals surface area contributed by atoms with Crippen LogP contribution in [-0.4, -0.2) is 56.2 Å². The molecule has 2 aliphatic carbocycles. The van der Waals surface area contributed by atoms with Crippen molar-refractivity contribution < 1.29 is 38.5 Å². The van der Waals surface area contributed by atoms with Gasteiger partial charge in [-0.15, -0.1) is 0 Å². The van der Waals surface area contributed by atoms with Crippen LogP contribution in [0.2, 0.25) is 5.02 Å². The first-order valence-corrected chi connectivity index (χ1v) is 20.7. The van der Waals surface area contributed by atoms with Gasteiger partial charge in [-0.1, -0.05) is 96.1 Å². The number of methoxy groups -OCH3 is 2. The first-order chi connectivity index (χ1) is 29.7. The summed E-state index contributed by atoms with van der Waals surface area (Å²) in [4.78, 5) is 62.3. The SMILES string of the molecule is COc1ccc(OC)c(C=Cc2ccc(N3C(=O)[C@H]4[C@H](CC=C5[C@H]4C[C@H]4C(=O)N(c6cccc(Cl)c6)C(=O)[C@@]4(c4ccccc4)[C@H]5c4ccc(OCCO)cc4)C3=O)cc2)c1. The van der Waals surface area contributed by atoms with Crippen LogP contribution < -0.4 is 24.0 Å². The number of ether oxygens (including phenoxy) is 3. The van der Waals surface area contributed by atoms with Gasteiger partial charge in [0.05, 0.1) is 55.4 Å². The summed E-state index contributed by atoms with van der Waals surface area (Å²) in [6.45, 7) is -0.0393. The van der Waals surface area contributed by atoms with Crippen molar-refractivity contribution in [3.05, 3.63) is 160 Å². The zero-order chi connectivity index (χ0) is 42.4. The van der Waals surface area contributed by atoms with Gasteiger partial charge in [-0.05, 0) is 96.1 Å². The highest BCUT2D eigenvalue weighted by Gasteiger charge is 2.70. The lowest BCUT2D eigenvalue weighted by molar-refractivity contribution is -0.127. The summed E-state index contributed by atoms with van der Waals surface area (Å²) in [5.41, 5.74) is 3.42. The number of anilines is 2. The Balaban J connectivity index is 1.11. The smallest absolute Gasteiger partial charge is 0.246 e. The third-order valence-corrected chi connectivity index (χ3v) is 13.0. The molecule has 1 N–H and O–H groups in total. The van der Waals surface area contributed by atoms with E-state index in [2.05, 4.69) is 0 Å². The number of amides is 4. The van der Waals surface area contributed by atoms with Crippen LogP contribution in [0.4, 0.5) is 11.4 Å². The molecule has 1 saturated carbocycles. The molecule has 9 rings (SSSR count). The van der Waals surface area contributed by atoms with Gasteiger partial charge in [0.2, 0.25) is 23.6 Å². The number of hydrogen-bond acceptors (Lipinski definition) is 8. The molecule has 10 nitrogen and oxygen atoms in total. The maximum atomic E-state index is 15.5. The number of aliphatic hydroxyl groups excluding tert-OH is 1. The molecule has 0 radical (unpaired) electrons. The van der Waals surface area contributed by atoms with Crippen LogP contribution >= 0.6 is 11.6 Å². The number of nitrogens with zero attached hydrogens (tertiary/aromatic N) is 2. The Labute approximate surface area is 358 Å². The van der Waals surface area contributed by atoms with Crippen LogP contribution in [0.15, 0.2) is 133 Å². The predicted octanol–water partition coefficient (Wildman–Crippen LogP) is 8.27. The summed E-state index contributed by atoms with van der Waals surface area (Å²) in [6.07, 6.45) is 6.36. The highest BCUT2D eigenvalue weighted by atomic mass is 35.5. The molecule has 5 aromatic carbocycles. The summed E-state index contributed by atoms with van der Waals surface area (Å²) < 4.78 is 16.6. The summed E-state index contributed by atoms with van der Waals surface area (Å²) >= 11 is 6.45. The fourth-order valence-corrected chi connectivity index (χ4v) is 10.4. The molecule has 308 valence electrons. The monoisotopic (exact) mass is 834 g/mol. The summed E-state index contributed by atoms with van der Waals surface area (Å²) in [5, 5.41) is 9.78. The van der Waals surface area contributed by atoms with Crippen LogP contribution in [0, 0.1) is 23.7 Å². The van der Waals surface area contributed by atoms with E-state index < -0.39 is 35.0 Å². The first-order valence-electron chi connectivity index (χ1n) is 20.3. The Morgan fingerprint density at radius 1 is 0.738 bits per heavy atom. The van der Waals surface area contributed by atoms with Crippen molar-refractivity contribution in [1.82, 2.24) is 0 Å². The Hall–Kier alpha value is -6.49. The molecule has 3 fully saturated rings. The van der Waals surface area contributed by atoms with E-state index in [1.807, 2.05) is 91.0 Å². The van der Waals surface area contributed by atoms with Gasteiger partial charge in [0.15, 0.2) is 0 Å². The lowest BCUT2D eigenvalue weighted by atomic mass is 9.49. The van der Waals surface area contributed by atoms with Crippen molar-refractivity contribution in [3.63, 3.8) is 0 Å². The van der Waals surface area contributed by atoms with Gasteiger partial charge in [0.25, 0.3) is 0 Å². The quantitative estimate of drug-likeness (QED) is 0.0802. The number of carbonyl (C=O) groups excluding carboxylic acids is 4. The Kier molecular flexibility index (Phi) is 10.6. The molecule has 4 aliphatic rings. The second kappa shape index (κ2) is 16.2. The van der Waals surface area contributed by atoms with E-state index in [-0.39, 0.29) is 43.3 Å². The van der Waals surface area contributed by atoms with Crippen molar-refractivity contribution >= 4 is 58.8 Å². The standard InChI is InChI=1S/C50H43ClN2O8/c1-59-38-21-24-43(60-2)32(27-38)14-11-30-12-17-35(18-13-30)52-46(55)40-23-22-39-41(44(40)48(52)57)29-42-47(56)53(36-10-6-9-34(51)28-36)49(58)50(42,33-7-4-3-5-8-33)45(39)31-15-19-37(20-16-31)61-26-25-54/h3-22,24,27-28,40-42,44-45,54H,23,25-26,29H2,1-2H3/t40-,41+,42-,44-,45-,50+/m0/s1. The second-order valence-electron chi connectivity index (χ2n) is 15.8. The summed E-state index contributed by atoms with van der Waals surface area (Å²) in [7, 11) is 3.21. The van der Waals surface area contributed by atoms with E-state index in [1.165, 1.54) is 9.80 Å². The highest BCUT2D eigenvalue weighted by Crippen LogP contribution is 2.64. The molecule has 0 bridgehead atoms. The normalized spacial score (nSPS) is 24.4. The van der Waals surface area contributed by atoms with E-state index in [0.717, 1.165) is 22.3 Å². The Morgan fingerprint density at radius 2 is 1.49 bits per heavy atom. The minimum absolute atomic E-state index is 0.112. The van der Waals surface area contributed by atoms with E-state index in [0.29, 0.717) is 45.6 Å². The zero-order valence-electron chi connectivity index (χ0n) is 33.6. The number of hydrogen-bond donors (Lipinski definition) is 1. The molecular formula is C50H43ClN2O8. The fourth-order valence-electron chi connectivity index (χ4n) is 10.2. The number of aliphatic hydroxyl groups is 1. The lowest BCUT2D eigenvalue weighted by Crippen LogP contribution is -2.53. The van der Waals surface area contributed by atoms with E-state index in [9.17, 15) is 14.7 Å². The number of halogens is 1. The molecule has 0 aromatic heterocycles. The van der Waals surface area contributed by atoms with Crippen LogP contribution in [0.25, 0.3) is 12.2 Å². The van der Waals surface area contributed by atoms with Crippen LogP contribution in [0.1, 0.15) is 41.0 Å². The Morgan fingerprint density at radius 3 is 2.20 bits per heavy atom. The van der Waals surface area contributed by atoms with Gasteiger partial charge in [-0.25, -0.2) is 4.90 Å². The topological polar surface area (TPSA) is 123 Å². The van der Waals surface area contributed by atoms with Gasteiger partial charge in [0.1, 0.15) is 23.9 Å². The number of fused-ring (bicyclic) bond motifs is 4. The highest BCUT2D eigenvalue weighted by molar-refractivity contribution is 6.32. The average molecular weight is 835 g/mol. The van der Waals surface area contributed by atoms with Gasteiger partial charge < -0.3 is 19.3 Å². The van der Waals surface area contributed by atoms with Gasteiger partial charge in [-0.2, -0.15) is 0 Å². The summed E-state index contributed by atoms with van der Waals surface area (Å²) in [6, 6.07) is 36.3. The molecule has 5 aromatic rings. The van der Waals surface area contributed by atoms with Gasteiger partial charge in [0, 0.05) is 16.5 Å². The second-order valence-corrected chi connectivity index (χ2v) is 16.2. The molecule has 6 atom stereocenters. The van der Waals surface area contributed by atoms with Crippen molar-refractivity contribution in [1.29, 1.82) is 0 Å². The fraction of sp³-hybridized carbons (Fsp3) is 0.240. The van der Waals surface area contributed by atoms with Gasteiger partial charge in [-0.3, -0.25) is 24.1 Å². The third-order valence-electron chi connectivity index (χ3n) is 12.8. The van der Waals surface area contributed by atoms with E-state index >= 15 is 9.59 Å². The van der Waals surface area contributed by atoms with Crippen molar-refractivity contribution in [2.24, 2.45) is 23.7 Å². The average Bonchev–Trinajstić information content (AvgIpc) is 3.68. The van der Waals surface area contributed by atoms with Crippen molar-refractivity contribution in [2.45, 2.75) is 24.2 Å². The van der Waals surface area contributed by atoms with E-state index in [4.69, 9.17) is 25.8 Å². The zero-order valence-corrected chi connectivity index (χ0v) is 34.3. The minimum Gasteiger partial charge on any atom is -0.497 e. The van der Waals surface area contributed by atoms with Crippen LogP contribution in [-0.2, 0) is 24.6 Å². The maximum absolute atomic E-state index is 15.5. The van der Waals surface area contributed by atoms with Crippen LogP contribution in [0.5, 0.6) is 17.2 Å². The molecule has 0 spiro atoms.